The Labute approximate surface area is 81.0 Å². The van der Waals surface area contributed by atoms with Gasteiger partial charge in [0.05, 0.1) is 0 Å². The van der Waals surface area contributed by atoms with Gasteiger partial charge in [0.1, 0.15) is 0 Å². The molecule has 1 aliphatic heterocycles. The van der Waals surface area contributed by atoms with Crippen molar-refractivity contribution in [1.82, 2.24) is 5.32 Å². The normalized spacial score (nSPS) is 39.9. The maximum absolute atomic E-state index is 5.42. The van der Waals surface area contributed by atoms with Crippen LogP contribution in [0.4, 0.5) is 0 Å². The predicted octanol–water partition coefficient (Wildman–Crippen LogP) is 1.80. The van der Waals surface area contributed by atoms with Gasteiger partial charge in [0.15, 0.2) is 0 Å². The summed E-state index contributed by atoms with van der Waals surface area (Å²) in [6, 6.07) is 0.792. The van der Waals surface area contributed by atoms with E-state index in [1.807, 2.05) is 0 Å². The van der Waals surface area contributed by atoms with Crippen LogP contribution in [0.2, 0.25) is 0 Å². The Morgan fingerprint density at radius 2 is 2.23 bits per heavy atom. The predicted molar refractivity (Wildman–Crippen MR) is 53.7 cm³/mol. The Morgan fingerprint density at radius 3 is 2.92 bits per heavy atom. The van der Waals surface area contributed by atoms with Crippen molar-refractivity contribution in [2.45, 2.75) is 38.1 Å². The van der Waals surface area contributed by atoms with E-state index in [9.17, 15) is 0 Å². The summed E-state index contributed by atoms with van der Waals surface area (Å²) in [7, 11) is 2.11. The third-order valence-corrected chi connectivity index (χ3v) is 3.69. The highest BCUT2D eigenvalue weighted by molar-refractivity contribution is 4.84. The molecular formula is C11H21NO. The summed E-state index contributed by atoms with van der Waals surface area (Å²) in [6.45, 7) is 2.02. The molecule has 1 saturated heterocycles. The van der Waals surface area contributed by atoms with Crippen LogP contribution in [0.1, 0.15) is 32.1 Å². The molecule has 0 radical (unpaired) electrons. The average Bonchev–Trinajstić information content (AvgIpc) is 2.76. The van der Waals surface area contributed by atoms with Crippen molar-refractivity contribution in [3.05, 3.63) is 0 Å². The van der Waals surface area contributed by atoms with Crippen molar-refractivity contribution < 1.29 is 4.74 Å². The quantitative estimate of drug-likeness (QED) is 0.720. The van der Waals surface area contributed by atoms with Gasteiger partial charge in [-0.15, -0.1) is 0 Å². The molecule has 0 spiro atoms. The molecule has 1 heterocycles. The minimum Gasteiger partial charge on any atom is -0.381 e. The van der Waals surface area contributed by atoms with E-state index in [1.165, 1.54) is 32.1 Å². The zero-order valence-corrected chi connectivity index (χ0v) is 8.59. The van der Waals surface area contributed by atoms with E-state index < -0.39 is 0 Å². The molecular weight excluding hydrogens is 162 g/mol. The van der Waals surface area contributed by atoms with Crippen LogP contribution in [0, 0.1) is 11.8 Å². The molecule has 76 valence electrons. The summed E-state index contributed by atoms with van der Waals surface area (Å²) in [6.07, 6.45) is 6.93. The van der Waals surface area contributed by atoms with E-state index in [0.717, 1.165) is 31.1 Å². The smallest absolute Gasteiger partial charge is 0.0495 e. The molecule has 2 aliphatic rings. The SMILES string of the molecule is CNC1CCCC1CC1CCOC1. The molecule has 1 saturated carbocycles. The molecule has 0 amide bonds. The molecule has 0 aromatic heterocycles. The van der Waals surface area contributed by atoms with Crippen LogP contribution in [0.5, 0.6) is 0 Å². The fourth-order valence-corrected chi connectivity index (χ4v) is 2.90. The van der Waals surface area contributed by atoms with Crippen molar-refractivity contribution >= 4 is 0 Å². The first-order valence-electron chi connectivity index (χ1n) is 5.65. The van der Waals surface area contributed by atoms with E-state index in [4.69, 9.17) is 4.74 Å². The van der Waals surface area contributed by atoms with Gasteiger partial charge in [-0.05, 0) is 44.6 Å². The Bertz CT molecular complexity index is 154. The van der Waals surface area contributed by atoms with Gasteiger partial charge in [0.2, 0.25) is 0 Å². The first kappa shape index (κ1) is 9.47. The van der Waals surface area contributed by atoms with Gasteiger partial charge in [-0.2, -0.15) is 0 Å². The Kier molecular flexibility index (Phi) is 3.23. The van der Waals surface area contributed by atoms with Crippen molar-refractivity contribution in [2.24, 2.45) is 11.8 Å². The molecule has 0 aromatic carbocycles. The van der Waals surface area contributed by atoms with Gasteiger partial charge in [-0.25, -0.2) is 0 Å². The van der Waals surface area contributed by atoms with E-state index >= 15 is 0 Å². The topological polar surface area (TPSA) is 21.3 Å². The Morgan fingerprint density at radius 1 is 1.31 bits per heavy atom. The van der Waals surface area contributed by atoms with Crippen molar-refractivity contribution in [3.8, 4) is 0 Å². The minimum atomic E-state index is 0.792. The number of hydrogen-bond donors (Lipinski definition) is 1. The zero-order valence-electron chi connectivity index (χ0n) is 8.59. The van der Waals surface area contributed by atoms with Crippen molar-refractivity contribution in [3.63, 3.8) is 0 Å². The zero-order chi connectivity index (χ0) is 9.10. The summed E-state index contributed by atoms with van der Waals surface area (Å²) in [5.41, 5.74) is 0. The Hall–Kier alpha value is -0.0800. The van der Waals surface area contributed by atoms with Crippen LogP contribution < -0.4 is 5.32 Å². The van der Waals surface area contributed by atoms with Crippen LogP contribution in [0.3, 0.4) is 0 Å². The fourth-order valence-electron chi connectivity index (χ4n) is 2.90. The van der Waals surface area contributed by atoms with E-state index in [2.05, 4.69) is 12.4 Å². The van der Waals surface area contributed by atoms with Crippen LogP contribution in [0.25, 0.3) is 0 Å². The number of ether oxygens (including phenoxy) is 1. The third-order valence-electron chi connectivity index (χ3n) is 3.69. The molecule has 1 aliphatic carbocycles. The monoisotopic (exact) mass is 183 g/mol. The lowest BCUT2D eigenvalue weighted by Gasteiger charge is -2.21. The molecule has 3 unspecified atom stereocenters. The average molecular weight is 183 g/mol. The maximum Gasteiger partial charge on any atom is 0.0495 e. The molecule has 3 atom stereocenters. The van der Waals surface area contributed by atoms with Crippen LogP contribution in [-0.2, 0) is 4.74 Å². The number of rotatable bonds is 3. The van der Waals surface area contributed by atoms with E-state index in [-0.39, 0.29) is 0 Å². The van der Waals surface area contributed by atoms with E-state index in [0.29, 0.717) is 0 Å². The third kappa shape index (κ3) is 2.23. The minimum absolute atomic E-state index is 0.792. The number of nitrogens with one attached hydrogen (secondary N) is 1. The standard InChI is InChI=1S/C11H21NO/c1-12-11-4-2-3-10(11)7-9-5-6-13-8-9/h9-12H,2-8H2,1H3. The molecule has 13 heavy (non-hydrogen) atoms. The maximum atomic E-state index is 5.42. The van der Waals surface area contributed by atoms with Crippen LogP contribution in [-0.4, -0.2) is 26.3 Å². The highest BCUT2D eigenvalue weighted by Gasteiger charge is 2.29. The summed E-state index contributed by atoms with van der Waals surface area (Å²) in [5.74, 6) is 1.79. The molecule has 2 nitrogen and oxygen atoms in total. The van der Waals surface area contributed by atoms with Crippen molar-refractivity contribution in [2.75, 3.05) is 20.3 Å². The van der Waals surface area contributed by atoms with Crippen LogP contribution >= 0.6 is 0 Å². The largest absolute Gasteiger partial charge is 0.381 e. The highest BCUT2D eigenvalue weighted by atomic mass is 16.5. The molecule has 1 N–H and O–H groups in total. The fraction of sp³-hybridized carbons (Fsp3) is 1.00. The Balaban J connectivity index is 1.79. The molecule has 2 fully saturated rings. The number of hydrogen-bond acceptors (Lipinski definition) is 2. The molecule has 2 heteroatoms. The summed E-state index contributed by atoms with van der Waals surface area (Å²) < 4.78 is 5.42. The summed E-state index contributed by atoms with van der Waals surface area (Å²) in [5, 5.41) is 3.45. The van der Waals surface area contributed by atoms with Gasteiger partial charge in [-0.1, -0.05) is 6.42 Å². The summed E-state index contributed by atoms with van der Waals surface area (Å²) >= 11 is 0. The lowest BCUT2D eigenvalue weighted by molar-refractivity contribution is 0.178. The van der Waals surface area contributed by atoms with Gasteiger partial charge in [0, 0.05) is 19.3 Å². The molecule has 0 bridgehead atoms. The van der Waals surface area contributed by atoms with Gasteiger partial charge in [-0.3, -0.25) is 0 Å². The first-order chi connectivity index (χ1) is 6.40. The second-order valence-corrected chi connectivity index (χ2v) is 4.55. The van der Waals surface area contributed by atoms with Gasteiger partial charge < -0.3 is 10.1 Å². The second kappa shape index (κ2) is 4.43. The van der Waals surface area contributed by atoms with Crippen molar-refractivity contribution in [1.29, 1.82) is 0 Å². The first-order valence-corrected chi connectivity index (χ1v) is 5.65. The molecule has 0 aromatic rings. The van der Waals surface area contributed by atoms with Gasteiger partial charge >= 0.3 is 0 Å². The van der Waals surface area contributed by atoms with Gasteiger partial charge in [0.25, 0.3) is 0 Å². The second-order valence-electron chi connectivity index (χ2n) is 4.55. The highest BCUT2D eigenvalue weighted by Crippen LogP contribution is 2.33. The summed E-state index contributed by atoms with van der Waals surface area (Å²) in [4.78, 5) is 0. The lowest BCUT2D eigenvalue weighted by atomic mass is 9.90. The molecule has 2 rings (SSSR count). The van der Waals surface area contributed by atoms with E-state index in [1.54, 1.807) is 0 Å². The van der Waals surface area contributed by atoms with Crippen LogP contribution in [0.15, 0.2) is 0 Å². The lowest BCUT2D eigenvalue weighted by Crippen LogP contribution is -2.30.